The number of β-lactam (4-membered cyclic amide) rings is 1. The molecule has 3 rings (SSSR count). The standard InChI is InChI=1S/C18H18N2O8S/c1-8(21)12-15(24)20-13(17(25)27-7-26-9(2)22)18(29-16(12)20)28-11-5-3-10(4-6-11)14(19)23/h3-6,8,12,16,21H,7H2,1-2H3,(H2,19,23)/t8-,12+,16-/m1/s1. The fraction of sp³-hybridized carbons (Fsp3) is 0.333. The molecule has 29 heavy (non-hydrogen) atoms. The Bertz CT molecular complexity index is 896. The van der Waals surface area contributed by atoms with E-state index < -0.39 is 47.9 Å². The fourth-order valence-electron chi connectivity index (χ4n) is 2.84. The lowest BCUT2D eigenvalue weighted by Crippen LogP contribution is -2.60. The molecule has 0 spiro atoms. The van der Waals surface area contributed by atoms with Crippen molar-refractivity contribution in [3.8, 4) is 5.75 Å². The predicted molar refractivity (Wildman–Crippen MR) is 98.7 cm³/mol. The molecular formula is C18H18N2O8S. The Labute approximate surface area is 169 Å². The number of carbonyl (C=O) groups excluding carboxylic acids is 4. The summed E-state index contributed by atoms with van der Waals surface area (Å²) < 4.78 is 15.2. The number of benzene rings is 1. The first-order valence-corrected chi connectivity index (χ1v) is 9.39. The summed E-state index contributed by atoms with van der Waals surface area (Å²) in [6, 6.07) is 5.88. The summed E-state index contributed by atoms with van der Waals surface area (Å²) in [4.78, 5) is 48.1. The van der Waals surface area contributed by atoms with Gasteiger partial charge in [0.2, 0.25) is 18.6 Å². The Kier molecular flexibility index (Phi) is 5.80. The van der Waals surface area contributed by atoms with Crippen LogP contribution in [0.25, 0.3) is 0 Å². The van der Waals surface area contributed by atoms with Gasteiger partial charge in [0.05, 0.1) is 12.0 Å². The number of ether oxygens (including phenoxy) is 3. The SMILES string of the molecule is CC(=O)OCOC(=O)C1=C(Oc2ccc(C(N)=O)cc2)S[C@@H]2[C@@H]([C@@H](C)O)C(=O)N12. The van der Waals surface area contributed by atoms with Crippen LogP contribution in [0.3, 0.4) is 0 Å². The average molecular weight is 422 g/mol. The third kappa shape index (κ3) is 4.05. The van der Waals surface area contributed by atoms with Crippen molar-refractivity contribution in [3.05, 3.63) is 40.6 Å². The molecule has 11 heteroatoms. The number of hydrogen-bond donors (Lipinski definition) is 2. The normalized spacial score (nSPS) is 21.2. The van der Waals surface area contributed by atoms with Crippen molar-refractivity contribution in [1.29, 1.82) is 0 Å². The number of nitrogens with two attached hydrogens (primary N) is 1. The van der Waals surface area contributed by atoms with E-state index in [1.165, 1.54) is 36.1 Å². The molecule has 0 saturated carbocycles. The number of nitrogens with zero attached hydrogens (tertiary/aromatic N) is 1. The van der Waals surface area contributed by atoms with Gasteiger partial charge in [-0.1, -0.05) is 11.8 Å². The molecule has 2 heterocycles. The highest BCUT2D eigenvalue weighted by Crippen LogP contribution is 2.50. The van der Waals surface area contributed by atoms with E-state index in [9.17, 15) is 24.3 Å². The minimum absolute atomic E-state index is 0.0890. The number of hydrogen-bond acceptors (Lipinski definition) is 9. The lowest BCUT2D eigenvalue weighted by atomic mass is 9.92. The molecule has 0 bridgehead atoms. The second-order valence-electron chi connectivity index (χ2n) is 6.30. The Balaban J connectivity index is 1.84. The van der Waals surface area contributed by atoms with Crippen LogP contribution in [-0.2, 0) is 23.9 Å². The van der Waals surface area contributed by atoms with Crippen molar-refractivity contribution in [2.45, 2.75) is 25.3 Å². The zero-order valence-corrected chi connectivity index (χ0v) is 16.3. The van der Waals surface area contributed by atoms with Gasteiger partial charge in [-0.3, -0.25) is 19.3 Å². The van der Waals surface area contributed by atoms with Crippen LogP contribution in [0, 0.1) is 5.92 Å². The van der Waals surface area contributed by atoms with E-state index in [1.807, 2.05) is 0 Å². The summed E-state index contributed by atoms with van der Waals surface area (Å²) in [5, 5.41) is 9.40. The van der Waals surface area contributed by atoms with Crippen molar-refractivity contribution in [2.75, 3.05) is 6.79 Å². The van der Waals surface area contributed by atoms with Gasteiger partial charge in [-0.2, -0.15) is 0 Å². The summed E-state index contributed by atoms with van der Waals surface area (Å²) in [6.07, 6.45) is -0.913. The van der Waals surface area contributed by atoms with E-state index in [1.54, 1.807) is 0 Å². The van der Waals surface area contributed by atoms with Crippen LogP contribution in [0.1, 0.15) is 24.2 Å². The maximum Gasteiger partial charge on any atom is 0.362 e. The van der Waals surface area contributed by atoms with Gasteiger partial charge in [0.1, 0.15) is 11.1 Å². The summed E-state index contributed by atoms with van der Waals surface area (Å²) in [6.45, 7) is 2.03. The average Bonchev–Trinajstić information content (AvgIpc) is 2.95. The summed E-state index contributed by atoms with van der Waals surface area (Å²) in [5.41, 5.74) is 5.33. The third-order valence-electron chi connectivity index (χ3n) is 4.26. The van der Waals surface area contributed by atoms with Gasteiger partial charge in [0.25, 0.3) is 0 Å². The molecule has 3 N–H and O–H groups in total. The summed E-state index contributed by atoms with van der Waals surface area (Å²) in [7, 11) is 0. The highest BCUT2D eigenvalue weighted by molar-refractivity contribution is 8.03. The topological polar surface area (TPSA) is 145 Å². The highest BCUT2D eigenvalue weighted by Gasteiger charge is 2.59. The molecule has 10 nitrogen and oxygen atoms in total. The van der Waals surface area contributed by atoms with E-state index >= 15 is 0 Å². The van der Waals surface area contributed by atoms with Crippen molar-refractivity contribution in [3.63, 3.8) is 0 Å². The Morgan fingerprint density at radius 2 is 1.90 bits per heavy atom. The van der Waals surface area contributed by atoms with Crippen LogP contribution in [0.5, 0.6) is 5.75 Å². The van der Waals surface area contributed by atoms with E-state index in [4.69, 9.17) is 15.2 Å². The molecule has 1 aromatic rings. The predicted octanol–water partition coefficient (Wildman–Crippen LogP) is 0.309. The molecule has 0 aliphatic carbocycles. The van der Waals surface area contributed by atoms with Gasteiger partial charge in [-0.25, -0.2) is 4.79 Å². The first-order valence-electron chi connectivity index (χ1n) is 8.51. The van der Waals surface area contributed by atoms with Crippen LogP contribution >= 0.6 is 11.8 Å². The molecule has 1 saturated heterocycles. The number of primary amides is 1. The fourth-order valence-corrected chi connectivity index (χ4v) is 4.30. The molecule has 1 aromatic carbocycles. The molecule has 2 aliphatic rings. The summed E-state index contributed by atoms with van der Waals surface area (Å²) in [5.74, 6) is -3.00. The zero-order chi connectivity index (χ0) is 21.3. The number of aliphatic hydroxyl groups excluding tert-OH is 1. The number of esters is 2. The lowest BCUT2D eigenvalue weighted by Gasteiger charge is -2.43. The van der Waals surface area contributed by atoms with Gasteiger partial charge in [-0.15, -0.1) is 0 Å². The van der Waals surface area contributed by atoms with E-state index in [2.05, 4.69) is 4.74 Å². The monoisotopic (exact) mass is 422 g/mol. The minimum atomic E-state index is -0.914. The number of fused-ring (bicyclic) bond motifs is 1. The number of aliphatic hydroxyl groups is 1. The maximum atomic E-state index is 12.5. The molecule has 3 atom stereocenters. The molecule has 0 aromatic heterocycles. The number of carbonyl (C=O) groups is 4. The Hall–Kier alpha value is -3.05. The second-order valence-corrected chi connectivity index (χ2v) is 7.38. The molecule has 0 radical (unpaired) electrons. The Morgan fingerprint density at radius 3 is 2.45 bits per heavy atom. The molecule has 1 fully saturated rings. The van der Waals surface area contributed by atoms with Gasteiger partial charge in [0.15, 0.2) is 10.8 Å². The van der Waals surface area contributed by atoms with Gasteiger partial charge >= 0.3 is 11.9 Å². The quantitative estimate of drug-likeness (QED) is 0.360. The minimum Gasteiger partial charge on any atom is -0.448 e. The maximum absolute atomic E-state index is 12.5. The smallest absolute Gasteiger partial charge is 0.362 e. The number of amides is 2. The highest BCUT2D eigenvalue weighted by atomic mass is 32.2. The molecular weight excluding hydrogens is 404 g/mol. The number of rotatable bonds is 7. The molecule has 2 aliphatic heterocycles. The van der Waals surface area contributed by atoms with Gasteiger partial charge in [0, 0.05) is 12.5 Å². The third-order valence-corrected chi connectivity index (χ3v) is 5.50. The number of thioether (sulfide) groups is 1. The van der Waals surface area contributed by atoms with Crippen LogP contribution in [0.15, 0.2) is 35.1 Å². The van der Waals surface area contributed by atoms with Crippen LogP contribution < -0.4 is 10.5 Å². The molecule has 2 amide bonds. The van der Waals surface area contributed by atoms with Crippen molar-refractivity contribution in [1.82, 2.24) is 4.90 Å². The van der Waals surface area contributed by atoms with Crippen LogP contribution in [0.4, 0.5) is 0 Å². The lowest BCUT2D eigenvalue weighted by molar-refractivity contribution is -0.168. The van der Waals surface area contributed by atoms with Gasteiger partial charge in [-0.05, 0) is 31.2 Å². The first-order chi connectivity index (χ1) is 13.7. The summed E-state index contributed by atoms with van der Waals surface area (Å²) >= 11 is 1.08. The Morgan fingerprint density at radius 1 is 1.24 bits per heavy atom. The van der Waals surface area contributed by atoms with Gasteiger partial charge < -0.3 is 25.1 Å². The van der Waals surface area contributed by atoms with Crippen molar-refractivity contribution >= 4 is 35.5 Å². The van der Waals surface area contributed by atoms with Crippen molar-refractivity contribution < 1.29 is 38.5 Å². The van der Waals surface area contributed by atoms with Crippen LogP contribution in [-0.4, -0.2) is 52.0 Å². The van der Waals surface area contributed by atoms with E-state index in [0.717, 1.165) is 18.7 Å². The zero-order valence-electron chi connectivity index (χ0n) is 15.5. The second kappa shape index (κ2) is 8.13. The molecule has 0 unspecified atom stereocenters. The van der Waals surface area contributed by atoms with E-state index in [0.29, 0.717) is 5.75 Å². The first kappa shape index (κ1) is 20.7. The largest absolute Gasteiger partial charge is 0.448 e. The van der Waals surface area contributed by atoms with E-state index in [-0.39, 0.29) is 16.4 Å². The van der Waals surface area contributed by atoms with Crippen molar-refractivity contribution in [2.24, 2.45) is 11.7 Å². The van der Waals surface area contributed by atoms with Crippen LogP contribution in [0.2, 0.25) is 0 Å². The molecule has 154 valence electrons.